The SMILES string of the molecule is O=C1Cn2c(c(-c3cnn(C4CCCCO4)c3)c3ccc(Cl)c(Cl)c32)CN1. The summed E-state index contributed by atoms with van der Waals surface area (Å²) in [5.74, 6) is -0.0340. The van der Waals surface area contributed by atoms with Crippen molar-refractivity contribution in [1.29, 1.82) is 0 Å². The summed E-state index contributed by atoms with van der Waals surface area (Å²) >= 11 is 12.8. The molecule has 140 valence electrons. The van der Waals surface area contributed by atoms with Crippen molar-refractivity contribution in [3.8, 4) is 11.1 Å². The fourth-order valence-corrected chi connectivity index (χ4v) is 4.47. The van der Waals surface area contributed by atoms with Gasteiger partial charge in [-0.2, -0.15) is 5.10 Å². The molecule has 1 N–H and O–H groups in total. The molecule has 3 aromatic rings. The zero-order valence-corrected chi connectivity index (χ0v) is 16.1. The highest BCUT2D eigenvalue weighted by Gasteiger charge is 2.27. The van der Waals surface area contributed by atoms with Gasteiger partial charge in [-0.1, -0.05) is 29.3 Å². The van der Waals surface area contributed by atoms with Crippen molar-refractivity contribution in [3.05, 3.63) is 40.3 Å². The van der Waals surface area contributed by atoms with Crippen molar-refractivity contribution in [2.45, 2.75) is 38.6 Å². The predicted octanol–water partition coefficient (Wildman–Crippen LogP) is 4.14. The molecule has 2 aromatic heterocycles. The minimum Gasteiger partial charge on any atom is -0.357 e. The molecule has 5 rings (SSSR count). The molecule has 0 bridgehead atoms. The Morgan fingerprint density at radius 3 is 2.96 bits per heavy atom. The first kappa shape index (κ1) is 17.1. The molecule has 0 spiro atoms. The Bertz CT molecular complexity index is 1050. The van der Waals surface area contributed by atoms with Crippen LogP contribution in [0.15, 0.2) is 24.5 Å². The summed E-state index contributed by atoms with van der Waals surface area (Å²) in [5.41, 5.74) is 3.83. The van der Waals surface area contributed by atoms with Gasteiger partial charge in [0, 0.05) is 35.0 Å². The fraction of sp³-hybridized carbons (Fsp3) is 0.368. The van der Waals surface area contributed by atoms with E-state index in [4.69, 9.17) is 27.9 Å². The normalized spacial score (nSPS) is 19.9. The van der Waals surface area contributed by atoms with E-state index < -0.39 is 0 Å². The summed E-state index contributed by atoms with van der Waals surface area (Å²) in [7, 11) is 0. The van der Waals surface area contributed by atoms with Crippen molar-refractivity contribution in [3.63, 3.8) is 0 Å². The van der Waals surface area contributed by atoms with E-state index >= 15 is 0 Å². The number of fused-ring (bicyclic) bond motifs is 3. The number of halogens is 2. The van der Waals surface area contributed by atoms with E-state index in [0.29, 0.717) is 16.6 Å². The number of carbonyl (C=O) groups excluding carboxylic acids is 1. The van der Waals surface area contributed by atoms with Gasteiger partial charge < -0.3 is 14.6 Å². The highest BCUT2D eigenvalue weighted by molar-refractivity contribution is 6.45. The number of nitrogens with zero attached hydrogens (tertiary/aromatic N) is 3. The van der Waals surface area contributed by atoms with E-state index in [9.17, 15) is 4.79 Å². The monoisotopic (exact) mass is 404 g/mol. The van der Waals surface area contributed by atoms with Crippen LogP contribution in [0.25, 0.3) is 22.0 Å². The predicted molar refractivity (Wildman–Crippen MR) is 104 cm³/mol. The van der Waals surface area contributed by atoms with Crippen LogP contribution in [0.4, 0.5) is 0 Å². The molecule has 0 radical (unpaired) electrons. The molecule has 1 amide bonds. The number of nitrogens with one attached hydrogen (secondary N) is 1. The van der Waals surface area contributed by atoms with E-state index in [1.165, 1.54) is 0 Å². The standard InChI is InChI=1S/C19H18Cl2N4O2/c20-13-5-4-12-17(11-7-23-25(9-11)16-3-1-2-6-27-16)14-8-22-15(26)10-24(14)19(12)18(13)21/h4-5,7,9,16H,1-3,6,8,10H2,(H,22,26). The van der Waals surface area contributed by atoms with Gasteiger partial charge in [0.25, 0.3) is 0 Å². The van der Waals surface area contributed by atoms with Gasteiger partial charge in [-0.05, 0) is 25.3 Å². The Morgan fingerprint density at radius 2 is 2.15 bits per heavy atom. The second kappa shape index (κ2) is 6.55. The second-order valence-corrected chi connectivity index (χ2v) is 7.76. The van der Waals surface area contributed by atoms with Crippen molar-refractivity contribution in [2.75, 3.05) is 6.61 Å². The lowest BCUT2D eigenvalue weighted by molar-refractivity contribution is -0.122. The summed E-state index contributed by atoms with van der Waals surface area (Å²) < 4.78 is 9.70. The summed E-state index contributed by atoms with van der Waals surface area (Å²) in [6.45, 7) is 1.44. The van der Waals surface area contributed by atoms with Gasteiger partial charge in [0.05, 0.1) is 28.3 Å². The number of carbonyl (C=O) groups is 1. The van der Waals surface area contributed by atoms with Crippen LogP contribution in [0, 0.1) is 0 Å². The summed E-state index contributed by atoms with van der Waals surface area (Å²) in [6.07, 6.45) is 7.06. The molecule has 8 heteroatoms. The Morgan fingerprint density at radius 1 is 1.26 bits per heavy atom. The average molecular weight is 405 g/mol. The minimum atomic E-state index is -0.0340. The van der Waals surface area contributed by atoms with Crippen LogP contribution < -0.4 is 5.32 Å². The van der Waals surface area contributed by atoms with Gasteiger partial charge in [-0.25, -0.2) is 4.68 Å². The third-order valence-electron chi connectivity index (χ3n) is 5.32. The number of hydrogen-bond acceptors (Lipinski definition) is 3. The van der Waals surface area contributed by atoms with Crippen LogP contribution in [0.5, 0.6) is 0 Å². The molecule has 6 nitrogen and oxygen atoms in total. The molecule has 2 aliphatic rings. The molecule has 1 atom stereocenters. The highest BCUT2D eigenvalue weighted by Crippen LogP contribution is 2.41. The average Bonchev–Trinajstić information content (AvgIpc) is 3.28. The number of benzene rings is 1. The van der Waals surface area contributed by atoms with Crippen molar-refractivity contribution in [2.24, 2.45) is 0 Å². The van der Waals surface area contributed by atoms with Crippen molar-refractivity contribution < 1.29 is 9.53 Å². The minimum absolute atomic E-state index is 0.0186. The van der Waals surface area contributed by atoms with Crippen LogP contribution in [0.2, 0.25) is 10.0 Å². The van der Waals surface area contributed by atoms with Gasteiger partial charge in [0.2, 0.25) is 5.91 Å². The van der Waals surface area contributed by atoms with Gasteiger partial charge in [-0.15, -0.1) is 0 Å². The molecule has 2 aliphatic heterocycles. The Hall–Kier alpha value is -2.02. The Labute approximate surface area is 166 Å². The molecule has 1 saturated heterocycles. The number of hydrogen-bond donors (Lipinski definition) is 1. The van der Waals surface area contributed by atoms with Gasteiger partial charge in [0.1, 0.15) is 12.8 Å². The first-order valence-electron chi connectivity index (χ1n) is 9.05. The lowest BCUT2D eigenvalue weighted by Gasteiger charge is -2.22. The number of aromatic nitrogens is 3. The third kappa shape index (κ3) is 2.74. The molecular weight excluding hydrogens is 387 g/mol. The summed E-state index contributed by atoms with van der Waals surface area (Å²) in [5, 5.41) is 9.39. The smallest absolute Gasteiger partial charge is 0.240 e. The van der Waals surface area contributed by atoms with Crippen molar-refractivity contribution >= 4 is 40.0 Å². The van der Waals surface area contributed by atoms with Gasteiger partial charge in [-0.3, -0.25) is 4.79 Å². The van der Waals surface area contributed by atoms with Crippen LogP contribution >= 0.6 is 23.2 Å². The molecular formula is C19H18Cl2N4O2. The molecule has 0 saturated carbocycles. The molecule has 1 aromatic carbocycles. The van der Waals surface area contributed by atoms with Crippen LogP contribution in [-0.2, 0) is 22.6 Å². The van der Waals surface area contributed by atoms with E-state index in [1.807, 2.05) is 27.7 Å². The van der Waals surface area contributed by atoms with E-state index in [1.54, 1.807) is 6.07 Å². The van der Waals surface area contributed by atoms with Crippen LogP contribution in [0.3, 0.4) is 0 Å². The lowest BCUT2D eigenvalue weighted by atomic mass is 10.0. The largest absolute Gasteiger partial charge is 0.357 e. The number of ether oxygens (including phenoxy) is 1. The summed E-state index contributed by atoms with van der Waals surface area (Å²) in [4.78, 5) is 12.0. The molecule has 4 heterocycles. The fourth-order valence-electron chi connectivity index (χ4n) is 4.05. The molecule has 1 fully saturated rings. The van der Waals surface area contributed by atoms with Crippen molar-refractivity contribution in [1.82, 2.24) is 19.7 Å². The number of rotatable bonds is 2. The first-order chi connectivity index (χ1) is 13.1. The van der Waals surface area contributed by atoms with Crippen LogP contribution in [-0.4, -0.2) is 26.9 Å². The molecule has 1 unspecified atom stereocenters. The van der Waals surface area contributed by atoms with E-state index in [0.717, 1.165) is 53.6 Å². The highest BCUT2D eigenvalue weighted by atomic mass is 35.5. The van der Waals surface area contributed by atoms with Gasteiger partial charge in [0.15, 0.2) is 0 Å². The van der Waals surface area contributed by atoms with Gasteiger partial charge >= 0.3 is 0 Å². The first-order valence-corrected chi connectivity index (χ1v) is 9.81. The molecule has 0 aliphatic carbocycles. The van der Waals surface area contributed by atoms with E-state index in [-0.39, 0.29) is 18.7 Å². The maximum Gasteiger partial charge on any atom is 0.240 e. The van der Waals surface area contributed by atoms with E-state index in [2.05, 4.69) is 10.4 Å². The molecule has 27 heavy (non-hydrogen) atoms. The number of amides is 1. The lowest BCUT2D eigenvalue weighted by Crippen LogP contribution is -2.34. The Balaban J connectivity index is 1.68. The maximum atomic E-state index is 12.0. The quantitative estimate of drug-likeness (QED) is 0.697. The topological polar surface area (TPSA) is 61.1 Å². The third-order valence-corrected chi connectivity index (χ3v) is 6.11. The zero-order valence-electron chi connectivity index (χ0n) is 14.5. The zero-order chi connectivity index (χ0) is 18.5. The van der Waals surface area contributed by atoms with Crippen LogP contribution in [0.1, 0.15) is 31.2 Å². The maximum absolute atomic E-state index is 12.0. The second-order valence-electron chi connectivity index (χ2n) is 6.97. The summed E-state index contributed by atoms with van der Waals surface area (Å²) in [6, 6.07) is 3.76. The Kier molecular flexibility index (Phi) is 4.15.